The van der Waals surface area contributed by atoms with Gasteiger partial charge in [0, 0.05) is 43.7 Å². The van der Waals surface area contributed by atoms with Gasteiger partial charge in [0.1, 0.15) is 17.9 Å². The van der Waals surface area contributed by atoms with E-state index in [-0.39, 0.29) is 37.2 Å². The van der Waals surface area contributed by atoms with Crippen molar-refractivity contribution in [3.63, 3.8) is 0 Å². The molecule has 2 aliphatic rings. The number of hydrogen-bond donors (Lipinski definition) is 2. The molecular formula is C27H37Cl3N6O2. The average Bonchev–Trinajstić information content (AvgIpc) is 3.33. The summed E-state index contributed by atoms with van der Waals surface area (Å²) in [5, 5.41) is 4.30. The van der Waals surface area contributed by atoms with Crippen LogP contribution in [0.2, 0.25) is 0 Å². The molecule has 0 aliphatic carbocycles. The van der Waals surface area contributed by atoms with Gasteiger partial charge in [-0.15, -0.1) is 37.2 Å². The third-order valence-electron chi connectivity index (χ3n) is 6.49. The summed E-state index contributed by atoms with van der Waals surface area (Å²) >= 11 is 0. The van der Waals surface area contributed by atoms with Gasteiger partial charge in [0.2, 0.25) is 0 Å². The molecule has 2 aliphatic heterocycles. The Morgan fingerprint density at radius 1 is 1.03 bits per heavy atom. The van der Waals surface area contributed by atoms with E-state index >= 15 is 0 Å². The van der Waals surface area contributed by atoms with Gasteiger partial charge < -0.3 is 25.4 Å². The van der Waals surface area contributed by atoms with E-state index in [0.717, 1.165) is 85.7 Å². The average molecular weight is 584 g/mol. The van der Waals surface area contributed by atoms with Crippen LogP contribution in [0.1, 0.15) is 19.8 Å². The third-order valence-corrected chi connectivity index (χ3v) is 6.49. The fourth-order valence-corrected chi connectivity index (χ4v) is 4.60. The summed E-state index contributed by atoms with van der Waals surface area (Å²) in [6, 6.07) is 16.9. The Kier molecular flexibility index (Phi) is 12.8. The number of anilines is 1. The fourth-order valence-electron chi connectivity index (χ4n) is 4.60. The maximum Gasteiger partial charge on any atom is 0.139 e. The minimum absolute atomic E-state index is 0. The molecule has 11 heteroatoms. The first-order valence-corrected chi connectivity index (χ1v) is 12.5. The van der Waals surface area contributed by atoms with Gasteiger partial charge in [0.25, 0.3) is 0 Å². The molecule has 0 unspecified atom stereocenters. The van der Waals surface area contributed by atoms with Crippen LogP contribution in [0.4, 0.5) is 5.69 Å². The number of hydrogen-bond acceptors (Lipinski definition) is 7. The topological polar surface area (TPSA) is 90.5 Å². The number of imidazole rings is 1. The summed E-state index contributed by atoms with van der Waals surface area (Å²) < 4.78 is 12.6. The Morgan fingerprint density at radius 3 is 2.45 bits per heavy atom. The predicted molar refractivity (Wildman–Crippen MR) is 162 cm³/mol. The first kappa shape index (κ1) is 31.9. The molecule has 0 radical (unpaired) electrons. The van der Waals surface area contributed by atoms with E-state index < -0.39 is 0 Å². The standard InChI is InChI=1S/C23H25N5O.C4H9NO.3ClH/c1-2-29-18-7-8-20-19(14-18)25-15-28(20)22-9-6-16-4-3-5-21(23(16)26-22)27-12-10-17(24)11-13-27;1-3-6-4-2-5-1;;;/h3-9,14-15,17H,2,10-13,24H2,1H3;5H,1-4H2;3*1H. The van der Waals surface area contributed by atoms with Crippen LogP contribution in [0, 0.1) is 0 Å². The molecule has 0 spiro atoms. The van der Waals surface area contributed by atoms with Crippen molar-refractivity contribution in [2.75, 3.05) is 50.9 Å². The van der Waals surface area contributed by atoms with Gasteiger partial charge >= 0.3 is 0 Å². The fraction of sp³-hybridized carbons (Fsp3) is 0.407. The number of nitrogens with zero attached hydrogens (tertiary/aromatic N) is 4. The van der Waals surface area contributed by atoms with E-state index in [9.17, 15) is 0 Å². The Balaban J connectivity index is 0.000000501. The molecule has 4 aromatic rings. The first-order chi connectivity index (χ1) is 17.2. The molecule has 3 N–H and O–H groups in total. The SMILES string of the molecule is C1COCCN1.CCOc1ccc2c(c1)ncn2-c1ccc2cccc(N3CCC(N)CC3)c2n1.Cl.Cl.Cl. The number of nitrogens with two attached hydrogens (primary N) is 1. The highest BCUT2D eigenvalue weighted by atomic mass is 35.5. The molecule has 2 aromatic heterocycles. The van der Waals surface area contributed by atoms with E-state index in [1.54, 1.807) is 0 Å². The zero-order valence-corrected chi connectivity index (χ0v) is 24.0. The number of piperidine rings is 1. The number of halogens is 3. The van der Waals surface area contributed by atoms with Gasteiger partial charge in [0.15, 0.2) is 0 Å². The third kappa shape index (κ3) is 7.40. The van der Waals surface area contributed by atoms with Crippen molar-refractivity contribution in [3.8, 4) is 11.6 Å². The Bertz CT molecular complexity index is 1260. The largest absolute Gasteiger partial charge is 0.494 e. The molecule has 38 heavy (non-hydrogen) atoms. The minimum atomic E-state index is 0. The molecule has 0 saturated carbocycles. The smallest absolute Gasteiger partial charge is 0.139 e. The molecule has 4 heterocycles. The summed E-state index contributed by atoms with van der Waals surface area (Å²) in [5.41, 5.74) is 10.2. The van der Waals surface area contributed by atoms with E-state index in [1.165, 1.54) is 5.69 Å². The molecule has 0 atom stereocenters. The van der Waals surface area contributed by atoms with Crippen LogP contribution >= 0.6 is 37.2 Å². The molecule has 2 aromatic carbocycles. The van der Waals surface area contributed by atoms with Crippen LogP contribution in [0.5, 0.6) is 5.75 Å². The van der Waals surface area contributed by atoms with Gasteiger partial charge in [-0.2, -0.15) is 0 Å². The molecular weight excluding hydrogens is 547 g/mol. The molecule has 2 saturated heterocycles. The molecule has 8 nitrogen and oxygen atoms in total. The number of pyridine rings is 1. The lowest BCUT2D eigenvalue weighted by molar-refractivity contribution is 0.109. The van der Waals surface area contributed by atoms with Gasteiger partial charge in [-0.3, -0.25) is 4.57 Å². The van der Waals surface area contributed by atoms with E-state index in [4.69, 9.17) is 20.2 Å². The van der Waals surface area contributed by atoms with Crippen molar-refractivity contribution in [2.24, 2.45) is 5.73 Å². The maximum absolute atomic E-state index is 6.10. The minimum Gasteiger partial charge on any atom is -0.494 e. The predicted octanol–water partition coefficient (Wildman–Crippen LogP) is 4.77. The number of morpholine rings is 1. The van der Waals surface area contributed by atoms with Crippen molar-refractivity contribution in [1.29, 1.82) is 0 Å². The normalized spacial score (nSPS) is 15.5. The van der Waals surface area contributed by atoms with Crippen molar-refractivity contribution >= 4 is 64.8 Å². The quantitative estimate of drug-likeness (QED) is 0.358. The highest BCUT2D eigenvalue weighted by Crippen LogP contribution is 2.29. The van der Waals surface area contributed by atoms with Crippen molar-refractivity contribution < 1.29 is 9.47 Å². The lowest BCUT2D eigenvalue weighted by atomic mass is 10.0. The number of fused-ring (bicyclic) bond motifs is 2. The van der Waals surface area contributed by atoms with Gasteiger partial charge in [-0.25, -0.2) is 9.97 Å². The van der Waals surface area contributed by atoms with Crippen molar-refractivity contribution in [1.82, 2.24) is 19.9 Å². The first-order valence-electron chi connectivity index (χ1n) is 12.5. The Labute approximate surface area is 242 Å². The molecule has 0 amide bonds. The highest BCUT2D eigenvalue weighted by Gasteiger charge is 2.19. The van der Waals surface area contributed by atoms with Crippen LogP contribution < -0.4 is 20.7 Å². The number of para-hydroxylation sites is 1. The number of benzene rings is 2. The number of aromatic nitrogens is 3. The van der Waals surface area contributed by atoms with E-state index in [1.807, 2.05) is 36.0 Å². The van der Waals surface area contributed by atoms with E-state index in [0.29, 0.717) is 12.6 Å². The van der Waals surface area contributed by atoms with Crippen LogP contribution in [0.15, 0.2) is 54.9 Å². The lowest BCUT2D eigenvalue weighted by Crippen LogP contribution is -2.39. The summed E-state index contributed by atoms with van der Waals surface area (Å²) in [4.78, 5) is 12.0. The van der Waals surface area contributed by atoms with Gasteiger partial charge in [-0.05, 0) is 50.1 Å². The van der Waals surface area contributed by atoms with Gasteiger partial charge in [-0.1, -0.05) is 12.1 Å². The zero-order chi connectivity index (χ0) is 24.0. The second-order valence-corrected chi connectivity index (χ2v) is 8.90. The Hall–Kier alpha value is -2.33. The molecule has 208 valence electrons. The molecule has 2 fully saturated rings. The highest BCUT2D eigenvalue weighted by molar-refractivity contribution is 5.92. The zero-order valence-electron chi connectivity index (χ0n) is 21.5. The number of ether oxygens (including phenoxy) is 2. The summed E-state index contributed by atoms with van der Waals surface area (Å²) in [6.07, 6.45) is 3.87. The maximum atomic E-state index is 6.10. The second-order valence-electron chi connectivity index (χ2n) is 8.90. The van der Waals surface area contributed by atoms with Crippen molar-refractivity contribution in [2.45, 2.75) is 25.8 Å². The van der Waals surface area contributed by atoms with Gasteiger partial charge in [0.05, 0.1) is 42.1 Å². The van der Waals surface area contributed by atoms with Crippen LogP contribution in [0.25, 0.3) is 27.8 Å². The second kappa shape index (κ2) is 15.3. The lowest BCUT2D eigenvalue weighted by Gasteiger charge is -2.32. The summed E-state index contributed by atoms with van der Waals surface area (Å²) in [5.74, 6) is 1.70. The summed E-state index contributed by atoms with van der Waals surface area (Å²) in [7, 11) is 0. The van der Waals surface area contributed by atoms with E-state index in [2.05, 4.69) is 45.5 Å². The van der Waals surface area contributed by atoms with Crippen molar-refractivity contribution in [3.05, 3.63) is 54.9 Å². The molecule has 0 bridgehead atoms. The van der Waals surface area contributed by atoms with Crippen LogP contribution in [-0.4, -0.2) is 66.6 Å². The molecule has 6 rings (SSSR count). The van der Waals surface area contributed by atoms with Crippen LogP contribution in [0.3, 0.4) is 0 Å². The number of nitrogens with one attached hydrogen (secondary N) is 1. The van der Waals surface area contributed by atoms with Crippen LogP contribution in [-0.2, 0) is 4.74 Å². The Morgan fingerprint density at radius 2 is 1.79 bits per heavy atom. The monoisotopic (exact) mass is 582 g/mol. The summed E-state index contributed by atoms with van der Waals surface area (Å²) in [6.45, 7) is 8.40. The number of rotatable bonds is 4.